The van der Waals surface area contributed by atoms with Crippen LogP contribution in [0.25, 0.3) is 0 Å². The number of piperidine rings is 2. The van der Waals surface area contributed by atoms with Gasteiger partial charge in [0.05, 0.1) is 24.5 Å². The van der Waals surface area contributed by atoms with E-state index in [0.717, 1.165) is 82.7 Å². The topological polar surface area (TPSA) is 99.5 Å². The van der Waals surface area contributed by atoms with E-state index in [-0.39, 0.29) is 17.8 Å². The van der Waals surface area contributed by atoms with E-state index in [2.05, 4.69) is 67.0 Å². The zero-order chi connectivity index (χ0) is 39.7. The van der Waals surface area contributed by atoms with E-state index in [4.69, 9.17) is 9.47 Å². The Hall–Kier alpha value is -3.10. The number of carbonyl (C=O) groups excluding carboxylic acids is 1. The molecule has 3 aliphatic carbocycles. The largest absolute Gasteiger partial charge is 0.508 e. The molecule has 0 amide bonds. The molecule has 2 unspecified atom stereocenters. The summed E-state index contributed by atoms with van der Waals surface area (Å²) in [5.41, 5.74) is 3.17. The summed E-state index contributed by atoms with van der Waals surface area (Å²) in [6.07, 6.45) is 18.1. The summed E-state index contributed by atoms with van der Waals surface area (Å²) in [5.74, 6) is 2.69. The van der Waals surface area contributed by atoms with Gasteiger partial charge in [0.25, 0.3) is 0 Å². The van der Waals surface area contributed by atoms with E-state index in [1.165, 1.54) is 69.0 Å². The number of benzene rings is 2. The molecule has 8 heteroatoms. The van der Waals surface area contributed by atoms with Gasteiger partial charge < -0.3 is 19.7 Å². The number of phenolic OH excluding ortho intramolecular Hbond substituents is 1. The van der Waals surface area contributed by atoms with Crippen LogP contribution in [-0.2, 0) is 14.3 Å². The van der Waals surface area contributed by atoms with Gasteiger partial charge in [-0.2, -0.15) is 0 Å². The van der Waals surface area contributed by atoms with Crippen LogP contribution >= 0.6 is 0 Å². The average molecular weight is 773 g/mol. The second-order valence-corrected chi connectivity index (χ2v) is 18.9. The highest BCUT2D eigenvalue weighted by molar-refractivity contribution is 5.72. The maximum Gasteiger partial charge on any atom is 0.308 e. The molecule has 56 heavy (non-hydrogen) atoms. The number of carboxylic acids is 1. The van der Waals surface area contributed by atoms with E-state index >= 15 is 0 Å². The summed E-state index contributed by atoms with van der Waals surface area (Å²) in [6, 6.07) is 17.8. The van der Waals surface area contributed by atoms with Crippen molar-refractivity contribution in [3.63, 3.8) is 0 Å². The normalized spacial score (nSPS) is 30.7. The van der Waals surface area contributed by atoms with Crippen molar-refractivity contribution in [2.45, 2.75) is 160 Å². The van der Waals surface area contributed by atoms with Gasteiger partial charge in [-0.05, 0) is 181 Å². The molecule has 0 bridgehead atoms. The molecule has 0 spiro atoms. The Morgan fingerprint density at radius 1 is 0.661 bits per heavy atom. The highest BCUT2D eigenvalue weighted by Gasteiger charge is 2.35. The number of hydrogen-bond acceptors (Lipinski definition) is 7. The quantitative estimate of drug-likeness (QED) is 0.243. The van der Waals surface area contributed by atoms with Crippen molar-refractivity contribution >= 4 is 11.9 Å². The predicted octanol–water partition coefficient (Wildman–Crippen LogP) is 10.2. The molecule has 8 nitrogen and oxygen atoms in total. The van der Waals surface area contributed by atoms with Gasteiger partial charge in [-0.15, -0.1) is 0 Å². The van der Waals surface area contributed by atoms with Gasteiger partial charge in [0.1, 0.15) is 11.5 Å². The lowest BCUT2D eigenvalue weighted by atomic mass is 9.72. The number of carbonyl (C=O) groups is 2. The Balaban J connectivity index is 0.000000198. The fourth-order valence-corrected chi connectivity index (χ4v) is 10.6. The molecule has 2 atom stereocenters. The van der Waals surface area contributed by atoms with Crippen molar-refractivity contribution in [3.8, 4) is 11.5 Å². The minimum absolute atomic E-state index is 0.00318. The molecule has 2 heterocycles. The second kappa shape index (κ2) is 20.0. The number of hydrogen-bond donors (Lipinski definition) is 2. The van der Waals surface area contributed by atoms with Crippen LogP contribution in [0.2, 0.25) is 0 Å². The Morgan fingerprint density at radius 3 is 1.61 bits per heavy atom. The molecule has 5 aliphatic rings. The molecule has 2 aliphatic heterocycles. The lowest BCUT2D eigenvalue weighted by Gasteiger charge is -2.41. The maximum absolute atomic E-state index is 11.9. The smallest absolute Gasteiger partial charge is 0.308 e. The van der Waals surface area contributed by atoms with Gasteiger partial charge in [-0.25, -0.2) is 0 Å². The molecule has 310 valence electrons. The average Bonchev–Trinajstić information content (AvgIpc) is 3.22. The Labute approximate surface area is 337 Å². The van der Waals surface area contributed by atoms with Crippen LogP contribution in [0.15, 0.2) is 48.5 Å². The molecule has 2 aromatic carbocycles. The number of carboxylic acid groups (broad SMARTS) is 1. The summed E-state index contributed by atoms with van der Waals surface area (Å²) in [7, 11) is 0. The van der Waals surface area contributed by atoms with Crippen molar-refractivity contribution in [2.24, 2.45) is 23.2 Å². The zero-order valence-corrected chi connectivity index (χ0v) is 35.0. The van der Waals surface area contributed by atoms with Gasteiger partial charge in [0.15, 0.2) is 0 Å². The first-order valence-electron chi connectivity index (χ1n) is 22.4. The summed E-state index contributed by atoms with van der Waals surface area (Å²) in [6.45, 7) is 14.0. The van der Waals surface area contributed by atoms with Crippen LogP contribution < -0.4 is 4.74 Å². The van der Waals surface area contributed by atoms with Gasteiger partial charge in [0, 0.05) is 25.2 Å². The molecule has 2 saturated heterocycles. The zero-order valence-electron chi connectivity index (χ0n) is 35.0. The molecule has 2 aromatic rings. The van der Waals surface area contributed by atoms with E-state index < -0.39 is 5.97 Å². The number of phenols is 1. The SMILES string of the molecule is CC(C)(C)C1CCC(Oc2ccc(C3CCCN(C4CCC(C(=O)O)CC4)C3)cc2)CC1.CCOC(=O)C1CCC(N2CCCC(c3ccc(O)cc3)C2)CC1. The molecule has 5 fully saturated rings. The molecule has 7 rings (SSSR count). The number of likely N-dealkylation sites (tertiary alicyclic amines) is 2. The lowest BCUT2D eigenvalue weighted by Crippen LogP contribution is -2.44. The fraction of sp³-hybridized carbons (Fsp3) is 0.708. The van der Waals surface area contributed by atoms with Crippen molar-refractivity contribution in [1.29, 1.82) is 0 Å². The van der Waals surface area contributed by atoms with Crippen LogP contribution in [0.3, 0.4) is 0 Å². The highest BCUT2D eigenvalue weighted by atomic mass is 16.5. The Kier molecular flexibility index (Phi) is 15.2. The number of ether oxygens (including phenoxy) is 2. The van der Waals surface area contributed by atoms with E-state index in [0.29, 0.717) is 47.8 Å². The molecular formula is C48H72N2O6. The third-order valence-electron chi connectivity index (χ3n) is 14.2. The fourth-order valence-electron chi connectivity index (χ4n) is 10.6. The van der Waals surface area contributed by atoms with E-state index in [1.54, 1.807) is 12.1 Å². The molecule has 2 N–H and O–H groups in total. The van der Waals surface area contributed by atoms with Crippen LogP contribution in [0, 0.1) is 23.2 Å². The molecule has 0 aromatic heterocycles. The third-order valence-corrected chi connectivity index (χ3v) is 14.2. The first-order chi connectivity index (χ1) is 27.0. The molecule has 3 saturated carbocycles. The van der Waals surface area contributed by atoms with Crippen LogP contribution in [-0.4, -0.2) is 82.9 Å². The number of rotatable bonds is 9. The first kappa shape index (κ1) is 42.5. The molecular weight excluding hydrogens is 701 g/mol. The number of nitrogens with zero attached hydrogens (tertiary/aromatic N) is 2. The van der Waals surface area contributed by atoms with Crippen molar-refractivity contribution < 1.29 is 29.3 Å². The van der Waals surface area contributed by atoms with Gasteiger partial charge >= 0.3 is 11.9 Å². The summed E-state index contributed by atoms with van der Waals surface area (Å²) in [4.78, 5) is 28.4. The number of aliphatic carboxylic acids is 1. The Bertz CT molecular complexity index is 1500. The summed E-state index contributed by atoms with van der Waals surface area (Å²) in [5, 5.41) is 18.7. The van der Waals surface area contributed by atoms with Crippen molar-refractivity contribution in [3.05, 3.63) is 59.7 Å². The standard InChI is InChI=1S/C28H43NO3.C20H29NO3/c1-28(2,3)23-10-16-26(17-11-23)32-25-14-8-20(9-15-25)22-5-4-18-29(19-22)24-12-6-21(7-13-24)27(30)31;1-2-24-20(23)16-5-9-18(10-6-16)21-13-3-4-17(14-21)15-7-11-19(22)12-8-15/h8-9,14-15,21-24,26H,4-7,10-13,16-19H2,1-3H3,(H,30,31);7-8,11-12,16-18,22H,2-6,9-10,13-14H2,1H3. The monoisotopic (exact) mass is 773 g/mol. The van der Waals surface area contributed by atoms with Crippen LogP contribution in [0.5, 0.6) is 11.5 Å². The third kappa shape index (κ3) is 11.7. The molecule has 0 radical (unpaired) electrons. The summed E-state index contributed by atoms with van der Waals surface area (Å²) >= 11 is 0. The lowest BCUT2D eigenvalue weighted by molar-refractivity contribution is -0.149. The maximum atomic E-state index is 11.9. The van der Waals surface area contributed by atoms with Crippen LogP contribution in [0.1, 0.15) is 153 Å². The number of aromatic hydroxyl groups is 1. The first-order valence-corrected chi connectivity index (χ1v) is 22.4. The minimum Gasteiger partial charge on any atom is -0.508 e. The highest BCUT2D eigenvalue weighted by Crippen LogP contribution is 2.40. The summed E-state index contributed by atoms with van der Waals surface area (Å²) < 4.78 is 11.5. The van der Waals surface area contributed by atoms with E-state index in [9.17, 15) is 19.8 Å². The van der Waals surface area contributed by atoms with Gasteiger partial charge in [0.2, 0.25) is 0 Å². The Morgan fingerprint density at radius 2 is 1.14 bits per heavy atom. The minimum atomic E-state index is -0.607. The number of esters is 1. The van der Waals surface area contributed by atoms with Gasteiger partial charge in [-0.1, -0.05) is 45.0 Å². The van der Waals surface area contributed by atoms with Gasteiger partial charge in [-0.3, -0.25) is 19.4 Å². The van der Waals surface area contributed by atoms with E-state index in [1.807, 2.05) is 6.92 Å². The predicted molar refractivity (Wildman–Crippen MR) is 223 cm³/mol. The second-order valence-electron chi connectivity index (χ2n) is 18.9. The van der Waals surface area contributed by atoms with Crippen molar-refractivity contribution in [1.82, 2.24) is 9.80 Å². The van der Waals surface area contributed by atoms with Crippen LogP contribution in [0.4, 0.5) is 0 Å². The van der Waals surface area contributed by atoms with Crippen molar-refractivity contribution in [2.75, 3.05) is 32.8 Å².